The molecule has 7 heteroatoms. The highest BCUT2D eigenvalue weighted by atomic mass is 32.2. The molecule has 6 nitrogen and oxygen atoms in total. The number of carbonyl (C=O) groups excluding carboxylic acids is 1. The van der Waals surface area contributed by atoms with Gasteiger partial charge in [-0.1, -0.05) is 0 Å². The van der Waals surface area contributed by atoms with Crippen molar-refractivity contribution in [3.8, 4) is 0 Å². The topological polar surface area (TPSA) is 101 Å². The van der Waals surface area contributed by atoms with Gasteiger partial charge in [-0.2, -0.15) is 0 Å². The molecule has 0 spiro atoms. The minimum Gasteiger partial charge on any atom is -0.300 e. The number of amides is 2. The summed E-state index contributed by atoms with van der Waals surface area (Å²) in [5.41, 5.74) is 7.03. The maximum atomic E-state index is 11.1. The lowest BCUT2D eigenvalue weighted by Crippen LogP contribution is -2.39. The minimum absolute atomic E-state index is 0.0150. The summed E-state index contributed by atoms with van der Waals surface area (Å²) >= 11 is 0. The smallest absolute Gasteiger partial charge is 0.300 e. The van der Waals surface area contributed by atoms with Gasteiger partial charge in [0.25, 0.3) is 0 Å². The second-order valence-corrected chi connectivity index (χ2v) is 4.72. The SMILES string of the molecule is CS(=O)(=O)C1=C=C=C(NC(=O)NN)C=C1. The first kappa shape index (κ1) is 11.3. The molecule has 80 valence electrons. The summed E-state index contributed by atoms with van der Waals surface area (Å²) in [6, 6.07) is -0.619. The first-order valence-corrected chi connectivity index (χ1v) is 5.74. The molecule has 0 bridgehead atoms. The number of hydrogen-bond donors (Lipinski definition) is 3. The predicted octanol–water partition coefficient (Wildman–Crippen LogP) is -0.704. The van der Waals surface area contributed by atoms with Crippen LogP contribution >= 0.6 is 0 Å². The third-order valence-electron chi connectivity index (χ3n) is 1.50. The average Bonchev–Trinajstić information content (AvgIpc) is 2.17. The van der Waals surface area contributed by atoms with Crippen molar-refractivity contribution in [1.82, 2.24) is 10.7 Å². The molecule has 1 aliphatic rings. The Balaban J connectivity index is 3.01. The van der Waals surface area contributed by atoms with Crippen molar-refractivity contribution in [3.05, 3.63) is 34.2 Å². The number of hydrazine groups is 1. The van der Waals surface area contributed by atoms with Gasteiger partial charge in [0, 0.05) is 6.26 Å². The Labute approximate surface area is 86.7 Å². The zero-order valence-corrected chi connectivity index (χ0v) is 8.68. The second-order valence-electron chi connectivity index (χ2n) is 2.73. The van der Waals surface area contributed by atoms with Crippen LogP contribution in [-0.4, -0.2) is 20.7 Å². The van der Waals surface area contributed by atoms with Crippen LogP contribution in [0.5, 0.6) is 0 Å². The van der Waals surface area contributed by atoms with E-state index in [-0.39, 0.29) is 10.6 Å². The first-order valence-electron chi connectivity index (χ1n) is 3.85. The van der Waals surface area contributed by atoms with E-state index in [0.717, 1.165) is 6.26 Å². The molecule has 15 heavy (non-hydrogen) atoms. The highest BCUT2D eigenvalue weighted by molar-refractivity contribution is 7.94. The Bertz CT molecular complexity index is 517. The van der Waals surface area contributed by atoms with Gasteiger partial charge in [0.05, 0.1) is 5.70 Å². The van der Waals surface area contributed by atoms with Gasteiger partial charge in [0.15, 0.2) is 9.84 Å². The number of urea groups is 1. The molecule has 0 fully saturated rings. The molecule has 1 rings (SSSR count). The fourth-order valence-electron chi connectivity index (χ4n) is 0.819. The van der Waals surface area contributed by atoms with Crippen molar-refractivity contribution in [1.29, 1.82) is 0 Å². The average molecular weight is 227 g/mol. The van der Waals surface area contributed by atoms with E-state index in [1.165, 1.54) is 12.2 Å². The van der Waals surface area contributed by atoms with Crippen molar-refractivity contribution < 1.29 is 13.2 Å². The van der Waals surface area contributed by atoms with Crippen molar-refractivity contribution >= 4 is 15.9 Å². The van der Waals surface area contributed by atoms with Crippen LogP contribution in [0.15, 0.2) is 34.2 Å². The number of hydrogen-bond acceptors (Lipinski definition) is 4. The van der Waals surface area contributed by atoms with Gasteiger partial charge in [-0.15, -0.1) is 0 Å². The molecular weight excluding hydrogens is 218 g/mol. The van der Waals surface area contributed by atoms with Crippen LogP contribution in [0.3, 0.4) is 0 Å². The molecule has 0 aromatic carbocycles. The molecule has 1 aliphatic carbocycles. The normalized spacial score (nSPS) is 14.3. The third kappa shape index (κ3) is 3.12. The van der Waals surface area contributed by atoms with Gasteiger partial charge in [-0.25, -0.2) is 19.1 Å². The first-order chi connectivity index (χ1) is 6.93. The molecule has 0 radical (unpaired) electrons. The quantitative estimate of drug-likeness (QED) is 0.251. The summed E-state index contributed by atoms with van der Waals surface area (Å²) in [6.07, 6.45) is 3.77. The molecule has 2 amide bonds. The molecule has 0 saturated heterocycles. The van der Waals surface area contributed by atoms with Gasteiger partial charge in [-0.3, -0.25) is 10.7 Å². The van der Waals surface area contributed by atoms with Crippen LogP contribution in [0.4, 0.5) is 4.79 Å². The van der Waals surface area contributed by atoms with Gasteiger partial charge >= 0.3 is 6.03 Å². The van der Waals surface area contributed by atoms with Crippen LogP contribution in [0.2, 0.25) is 0 Å². The Hall–Kier alpha value is -1.78. The Kier molecular flexibility index (Phi) is 3.14. The Morgan fingerprint density at radius 3 is 2.47 bits per heavy atom. The lowest BCUT2D eigenvalue weighted by atomic mass is 10.3. The second kappa shape index (κ2) is 4.16. The van der Waals surface area contributed by atoms with E-state index in [1.807, 2.05) is 5.43 Å². The zero-order chi connectivity index (χ0) is 11.5. The van der Waals surface area contributed by atoms with Gasteiger partial charge in [-0.05, 0) is 23.6 Å². The fraction of sp³-hybridized carbons (Fsp3) is 0.125. The molecule has 0 aliphatic heterocycles. The summed E-state index contributed by atoms with van der Waals surface area (Å²) in [5, 5.41) is 2.31. The molecule has 0 atom stereocenters. The van der Waals surface area contributed by atoms with E-state index in [2.05, 4.69) is 16.8 Å². The maximum Gasteiger partial charge on any atom is 0.333 e. The van der Waals surface area contributed by atoms with E-state index in [9.17, 15) is 13.2 Å². The van der Waals surface area contributed by atoms with Crippen molar-refractivity contribution in [2.75, 3.05) is 6.26 Å². The van der Waals surface area contributed by atoms with E-state index in [1.54, 1.807) is 0 Å². The Morgan fingerprint density at radius 2 is 2.07 bits per heavy atom. The largest absolute Gasteiger partial charge is 0.333 e. The summed E-state index contributed by atoms with van der Waals surface area (Å²) in [5.74, 6) is 4.84. The maximum absolute atomic E-state index is 11.1. The predicted molar refractivity (Wildman–Crippen MR) is 53.9 cm³/mol. The van der Waals surface area contributed by atoms with Gasteiger partial charge in [0.2, 0.25) is 0 Å². The van der Waals surface area contributed by atoms with Crippen LogP contribution in [0.1, 0.15) is 0 Å². The van der Waals surface area contributed by atoms with E-state index in [0.29, 0.717) is 0 Å². The van der Waals surface area contributed by atoms with E-state index < -0.39 is 15.9 Å². The summed E-state index contributed by atoms with van der Waals surface area (Å²) in [4.78, 5) is 10.8. The number of nitrogens with two attached hydrogens (primary N) is 1. The fourth-order valence-corrected chi connectivity index (χ4v) is 1.37. The number of allylic oxidation sites excluding steroid dienone is 2. The number of rotatable bonds is 2. The van der Waals surface area contributed by atoms with Crippen molar-refractivity contribution in [3.63, 3.8) is 0 Å². The summed E-state index contributed by atoms with van der Waals surface area (Å²) in [6.45, 7) is 0. The molecule has 4 N–H and O–H groups in total. The highest BCUT2D eigenvalue weighted by Crippen LogP contribution is 2.08. The van der Waals surface area contributed by atoms with E-state index in [4.69, 9.17) is 5.84 Å². The van der Waals surface area contributed by atoms with Crippen LogP contribution in [-0.2, 0) is 9.84 Å². The molecule has 0 aromatic rings. The molecule has 0 aromatic heterocycles. The molecular formula is C8H9N3O3S. The number of sulfone groups is 1. The van der Waals surface area contributed by atoms with Gasteiger partial charge in [0.1, 0.15) is 4.91 Å². The monoisotopic (exact) mass is 227 g/mol. The van der Waals surface area contributed by atoms with Crippen LogP contribution in [0, 0.1) is 0 Å². The summed E-state index contributed by atoms with van der Waals surface area (Å²) < 4.78 is 22.1. The number of carbonyl (C=O) groups is 1. The Morgan fingerprint density at radius 1 is 1.40 bits per heavy atom. The minimum atomic E-state index is -3.29. The lowest BCUT2D eigenvalue weighted by molar-refractivity contribution is 0.244. The van der Waals surface area contributed by atoms with Crippen molar-refractivity contribution in [2.24, 2.45) is 5.84 Å². The molecule has 0 saturated carbocycles. The van der Waals surface area contributed by atoms with Crippen molar-refractivity contribution in [2.45, 2.75) is 0 Å². The molecule has 0 unspecified atom stereocenters. The van der Waals surface area contributed by atoms with Crippen LogP contribution in [0.25, 0.3) is 0 Å². The number of nitrogens with one attached hydrogen (secondary N) is 2. The zero-order valence-electron chi connectivity index (χ0n) is 7.87. The standard InChI is InChI=1S/C8H9N3O3S/c1-15(13,14)7-4-2-6(3-5-7)10-8(12)11-9/h2,4H,9H2,1H3,(H2,10,11,12). The lowest BCUT2D eigenvalue weighted by Gasteiger charge is -2.03. The highest BCUT2D eigenvalue weighted by Gasteiger charge is 2.09. The summed E-state index contributed by atoms with van der Waals surface area (Å²) in [7, 11) is -3.29. The van der Waals surface area contributed by atoms with E-state index >= 15 is 0 Å². The van der Waals surface area contributed by atoms with Crippen LogP contribution < -0.4 is 16.6 Å². The van der Waals surface area contributed by atoms with Gasteiger partial charge < -0.3 is 0 Å². The molecule has 0 heterocycles. The third-order valence-corrected chi connectivity index (χ3v) is 2.54.